The van der Waals surface area contributed by atoms with Crippen LogP contribution in [0.3, 0.4) is 0 Å². The maximum atomic E-state index is 13.0. The van der Waals surface area contributed by atoms with Crippen LogP contribution in [0.2, 0.25) is 0 Å². The number of halogens is 1. The van der Waals surface area contributed by atoms with E-state index in [4.69, 9.17) is 4.42 Å². The summed E-state index contributed by atoms with van der Waals surface area (Å²) >= 11 is 0. The fraction of sp³-hybridized carbons (Fsp3) is 0.458. The van der Waals surface area contributed by atoms with Gasteiger partial charge in [-0.15, -0.1) is 0 Å². The van der Waals surface area contributed by atoms with Crippen molar-refractivity contribution in [3.8, 4) is 0 Å². The zero-order valence-electron chi connectivity index (χ0n) is 18.3. The van der Waals surface area contributed by atoms with Crippen LogP contribution >= 0.6 is 0 Å². The van der Waals surface area contributed by atoms with Crippen LogP contribution in [0.25, 0.3) is 0 Å². The molecule has 0 saturated carbocycles. The number of amides is 1. The molecule has 1 aromatic carbocycles. The van der Waals surface area contributed by atoms with Crippen LogP contribution in [0.15, 0.2) is 38.7 Å². The van der Waals surface area contributed by atoms with Crippen molar-refractivity contribution in [1.29, 1.82) is 0 Å². The van der Waals surface area contributed by atoms with E-state index >= 15 is 0 Å². The van der Waals surface area contributed by atoms with Crippen molar-refractivity contribution in [1.82, 2.24) is 15.1 Å². The monoisotopic (exact) mass is 437 g/mol. The van der Waals surface area contributed by atoms with Gasteiger partial charge in [-0.3, -0.25) is 9.79 Å². The molecular formula is C24H28FN5O2. The van der Waals surface area contributed by atoms with Crippen LogP contribution < -0.4 is 5.32 Å². The van der Waals surface area contributed by atoms with E-state index < -0.39 is 0 Å². The summed E-state index contributed by atoms with van der Waals surface area (Å²) in [6.45, 7) is 6.95. The molecule has 8 heteroatoms. The maximum absolute atomic E-state index is 13.0. The molecule has 5 rings (SSSR count). The second-order valence-corrected chi connectivity index (χ2v) is 8.73. The Hall–Kier alpha value is -3.00. The molecule has 3 aliphatic rings. The van der Waals surface area contributed by atoms with Crippen LogP contribution in [-0.4, -0.2) is 67.1 Å². The number of carbonyl (C=O) groups excluding carboxylic acids is 1. The van der Waals surface area contributed by atoms with Gasteiger partial charge in [0.25, 0.3) is 5.91 Å². The first kappa shape index (κ1) is 20.9. The summed E-state index contributed by atoms with van der Waals surface area (Å²) in [6.07, 6.45) is 4.76. The molecule has 0 bridgehead atoms. The van der Waals surface area contributed by atoms with Gasteiger partial charge in [0.1, 0.15) is 23.8 Å². The van der Waals surface area contributed by atoms with E-state index in [0.717, 1.165) is 62.4 Å². The standard InChI is InChI=1S/C24H28FN5O2/c1-16-20(21-22-26-9-13-30(22)15-28-24(21)32-16)23(31)27-14-18-7-11-29(12-8-18)10-6-17-2-4-19(25)5-3-17/h2-5,15,18H,6-14H2,1H3,(H,27,31). The molecule has 32 heavy (non-hydrogen) atoms. The van der Waals surface area contributed by atoms with Crippen molar-refractivity contribution in [2.45, 2.75) is 26.2 Å². The molecule has 0 atom stereocenters. The molecule has 168 valence electrons. The number of rotatable bonds is 6. The first-order valence-corrected chi connectivity index (χ1v) is 11.3. The summed E-state index contributed by atoms with van der Waals surface area (Å²) in [4.78, 5) is 26.4. The van der Waals surface area contributed by atoms with E-state index in [-0.39, 0.29) is 11.7 Å². The number of likely N-dealkylation sites (tertiary alicyclic amines) is 1. The van der Waals surface area contributed by atoms with Crippen molar-refractivity contribution in [2.24, 2.45) is 15.9 Å². The Morgan fingerprint density at radius 3 is 2.78 bits per heavy atom. The Morgan fingerprint density at radius 1 is 1.22 bits per heavy atom. The third kappa shape index (κ3) is 4.19. The first-order valence-electron chi connectivity index (χ1n) is 11.3. The normalized spacial score (nSPS) is 18.4. The smallest absolute Gasteiger partial charge is 0.255 e. The minimum Gasteiger partial charge on any atom is -0.442 e. The minimum atomic E-state index is -0.191. The predicted molar refractivity (Wildman–Crippen MR) is 121 cm³/mol. The van der Waals surface area contributed by atoms with E-state index in [1.807, 2.05) is 24.0 Å². The lowest BCUT2D eigenvalue weighted by molar-refractivity contribution is 0.0934. The highest BCUT2D eigenvalue weighted by atomic mass is 19.1. The maximum Gasteiger partial charge on any atom is 0.255 e. The number of nitrogens with one attached hydrogen (secondary N) is 1. The number of nitrogens with zero attached hydrogens (tertiary/aromatic N) is 4. The third-order valence-corrected chi connectivity index (χ3v) is 6.59. The van der Waals surface area contributed by atoms with Crippen molar-refractivity contribution < 1.29 is 13.6 Å². The van der Waals surface area contributed by atoms with Gasteiger partial charge in [0.05, 0.1) is 17.7 Å². The molecule has 7 nitrogen and oxygen atoms in total. The quantitative estimate of drug-likeness (QED) is 0.754. The molecule has 0 radical (unpaired) electrons. The number of hydrogen-bond acceptors (Lipinski definition) is 6. The van der Waals surface area contributed by atoms with Crippen LogP contribution in [-0.2, 0) is 6.42 Å². The molecular weight excluding hydrogens is 409 g/mol. The average molecular weight is 438 g/mol. The number of aryl methyl sites for hydroxylation is 1. The summed E-state index contributed by atoms with van der Waals surface area (Å²) in [7, 11) is 0. The van der Waals surface area contributed by atoms with Crippen LogP contribution in [0.4, 0.5) is 10.3 Å². The van der Waals surface area contributed by atoms with Gasteiger partial charge in [-0.05, 0) is 62.9 Å². The zero-order valence-corrected chi connectivity index (χ0v) is 18.3. The highest BCUT2D eigenvalue weighted by Crippen LogP contribution is 2.34. The van der Waals surface area contributed by atoms with Gasteiger partial charge in [-0.2, -0.15) is 0 Å². The largest absolute Gasteiger partial charge is 0.442 e. The number of aliphatic imine (C=N–C) groups is 2. The van der Waals surface area contributed by atoms with E-state index in [1.54, 1.807) is 6.34 Å². The SMILES string of the molecule is Cc1oc2c(c1C(=O)NCC1CCN(CCc3ccc(F)cc3)CC1)C1=NCCN1C=N2. The zero-order chi connectivity index (χ0) is 22.1. The van der Waals surface area contributed by atoms with Crippen molar-refractivity contribution in [2.75, 3.05) is 39.3 Å². The van der Waals surface area contributed by atoms with Gasteiger partial charge < -0.3 is 19.5 Å². The van der Waals surface area contributed by atoms with Crippen molar-refractivity contribution in [3.63, 3.8) is 0 Å². The Bertz CT molecular complexity index is 1050. The fourth-order valence-electron chi connectivity index (χ4n) is 4.70. The molecule has 2 aromatic rings. The van der Waals surface area contributed by atoms with E-state index in [2.05, 4.69) is 20.2 Å². The van der Waals surface area contributed by atoms with Crippen LogP contribution in [0, 0.1) is 18.7 Å². The third-order valence-electron chi connectivity index (χ3n) is 6.59. The second-order valence-electron chi connectivity index (χ2n) is 8.73. The van der Waals surface area contributed by atoms with E-state index in [0.29, 0.717) is 36.2 Å². The topological polar surface area (TPSA) is 73.4 Å². The molecule has 3 aliphatic heterocycles. The summed E-state index contributed by atoms with van der Waals surface area (Å²) < 4.78 is 18.8. The van der Waals surface area contributed by atoms with Gasteiger partial charge in [0, 0.05) is 19.6 Å². The second kappa shape index (κ2) is 8.86. The Kier molecular flexibility index (Phi) is 5.78. The molecule has 1 fully saturated rings. The fourth-order valence-corrected chi connectivity index (χ4v) is 4.70. The first-order chi connectivity index (χ1) is 15.6. The molecule has 4 heterocycles. The van der Waals surface area contributed by atoms with E-state index in [1.165, 1.54) is 12.1 Å². The lowest BCUT2D eigenvalue weighted by Crippen LogP contribution is -2.40. The van der Waals surface area contributed by atoms with Gasteiger partial charge in [-0.1, -0.05) is 12.1 Å². The number of amidine groups is 1. The summed E-state index contributed by atoms with van der Waals surface area (Å²) in [5.74, 6) is 1.99. The lowest BCUT2D eigenvalue weighted by atomic mass is 9.96. The Balaban J connectivity index is 1.13. The molecule has 1 amide bonds. The highest BCUT2D eigenvalue weighted by Gasteiger charge is 2.33. The van der Waals surface area contributed by atoms with E-state index in [9.17, 15) is 9.18 Å². The summed E-state index contributed by atoms with van der Waals surface area (Å²) in [5.41, 5.74) is 2.43. The number of piperidine rings is 1. The average Bonchev–Trinajstić information content (AvgIpc) is 3.41. The highest BCUT2D eigenvalue weighted by molar-refractivity contribution is 6.17. The predicted octanol–water partition coefficient (Wildman–Crippen LogP) is 3.15. The van der Waals surface area contributed by atoms with Crippen LogP contribution in [0.1, 0.15) is 40.1 Å². The molecule has 1 aromatic heterocycles. The molecule has 0 unspecified atom stereocenters. The van der Waals surface area contributed by atoms with Gasteiger partial charge >= 0.3 is 0 Å². The molecule has 1 N–H and O–H groups in total. The van der Waals surface area contributed by atoms with Crippen molar-refractivity contribution >= 4 is 24.0 Å². The number of benzene rings is 1. The molecule has 1 saturated heterocycles. The Morgan fingerprint density at radius 2 is 2.00 bits per heavy atom. The molecule has 0 spiro atoms. The molecule has 0 aliphatic carbocycles. The van der Waals surface area contributed by atoms with Gasteiger partial charge in [0.15, 0.2) is 0 Å². The van der Waals surface area contributed by atoms with Crippen molar-refractivity contribution in [3.05, 3.63) is 52.5 Å². The summed E-state index contributed by atoms with van der Waals surface area (Å²) in [6, 6.07) is 6.75. The van der Waals surface area contributed by atoms with Gasteiger partial charge in [-0.25, -0.2) is 9.38 Å². The number of furan rings is 1. The summed E-state index contributed by atoms with van der Waals surface area (Å²) in [5, 5.41) is 3.13. The van der Waals surface area contributed by atoms with Gasteiger partial charge in [0.2, 0.25) is 5.88 Å². The number of hydrogen-bond donors (Lipinski definition) is 1. The Labute approximate surface area is 187 Å². The van der Waals surface area contributed by atoms with Crippen LogP contribution in [0.5, 0.6) is 0 Å². The lowest BCUT2D eigenvalue weighted by Gasteiger charge is -2.32. The minimum absolute atomic E-state index is 0.113. The number of fused-ring (bicyclic) bond motifs is 3. The number of carbonyl (C=O) groups is 1.